The van der Waals surface area contributed by atoms with Gasteiger partial charge in [0.1, 0.15) is 0 Å². The van der Waals surface area contributed by atoms with Gasteiger partial charge in [-0.1, -0.05) is 12.1 Å². The van der Waals surface area contributed by atoms with E-state index in [2.05, 4.69) is 10.3 Å². The molecular weight excluding hydrogens is 272 g/mol. The summed E-state index contributed by atoms with van der Waals surface area (Å²) >= 11 is 0. The minimum Gasteiger partial charge on any atom is -0.380 e. The van der Waals surface area contributed by atoms with Crippen molar-refractivity contribution < 1.29 is 8.42 Å². The van der Waals surface area contributed by atoms with Crippen LogP contribution in [0.2, 0.25) is 0 Å². The molecule has 0 radical (unpaired) electrons. The zero-order valence-corrected chi connectivity index (χ0v) is 12.2. The normalized spacial score (nSPS) is 23.1. The Kier molecular flexibility index (Phi) is 3.38. The molecule has 1 aliphatic carbocycles. The van der Waals surface area contributed by atoms with E-state index >= 15 is 0 Å². The summed E-state index contributed by atoms with van der Waals surface area (Å²) in [5, 5.41) is 5.28. The third-order valence-electron chi connectivity index (χ3n) is 4.03. The van der Waals surface area contributed by atoms with Crippen molar-refractivity contribution in [2.24, 2.45) is 0 Å². The monoisotopic (exact) mass is 290 g/mol. The first-order valence-corrected chi connectivity index (χ1v) is 8.79. The van der Waals surface area contributed by atoms with Crippen LogP contribution in [0.1, 0.15) is 19.3 Å². The summed E-state index contributed by atoms with van der Waals surface area (Å²) in [5.74, 6) is 0. The van der Waals surface area contributed by atoms with E-state index in [1.54, 1.807) is 6.20 Å². The molecule has 2 unspecified atom stereocenters. The molecule has 1 aliphatic rings. The topological polar surface area (TPSA) is 59.1 Å². The van der Waals surface area contributed by atoms with E-state index in [0.717, 1.165) is 35.7 Å². The second-order valence-corrected chi connectivity index (χ2v) is 7.72. The highest BCUT2D eigenvalue weighted by Gasteiger charge is 2.34. The van der Waals surface area contributed by atoms with E-state index in [0.29, 0.717) is 0 Å². The average Bonchev–Trinajstić information content (AvgIpc) is 2.87. The molecule has 1 fully saturated rings. The van der Waals surface area contributed by atoms with Gasteiger partial charge in [-0.25, -0.2) is 8.42 Å². The molecule has 0 aliphatic heterocycles. The number of pyridine rings is 1. The van der Waals surface area contributed by atoms with Gasteiger partial charge < -0.3 is 5.32 Å². The Balaban J connectivity index is 1.94. The molecule has 1 aromatic carbocycles. The van der Waals surface area contributed by atoms with E-state index in [1.807, 2.05) is 30.5 Å². The standard InChI is InChI=1S/C15H18N2O2S/c1-20(18,19)15-7-3-6-14(15)17-13-5-2-4-11-8-9-16-10-12(11)13/h2,4-5,8-10,14-15,17H,3,6-7H2,1H3. The fraction of sp³-hybridized carbons (Fsp3) is 0.400. The maximum Gasteiger partial charge on any atom is 0.152 e. The number of fused-ring (bicyclic) bond motifs is 1. The first-order chi connectivity index (χ1) is 9.55. The summed E-state index contributed by atoms with van der Waals surface area (Å²) < 4.78 is 23.7. The Morgan fingerprint density at radius 2 is 2.10 bits per heavy atom. The van der Waals surface area contributed by atoms with Crippen molar-refractivity contribution in [3.8, 4) is 0 Å². The molecule has 1 saturated carbocycles. The minimum absolute atomic E-state index is 0.00388. The van der Waals surface area contributed by atoms with Gasteiger partial charge in [0.25, 0.3) is 0 Å². The van der Waals surface area contributed by atoms with Crippen LogP contribution in [0.25, 0.3) is 10.8 Å². The third-order valence-corrected chi connectivity index (χ3v) is 5.69. The summed E-state index contributed by atoms with van der Waals surface area (Å²) in [6.45, 7) is 0. The van der Waals surface area contributed by atoms with Gasteiger partial charge in [0.05, 0.1) is 5.25 Å². The molecule has 1 N–H and O–H groups in total. The van der Waals surface area contributed by atoms with Crippen molar-refractivity contribution in [1.82, 2.24) is 4.98 Å². The highest BCUT2D eigenvalue weighted by atomic mass is 32.2. The van der Waals surface area contributed by atoms with Crippen LogP contribution in [-0.4, -0.2) is 30.9 Å². The fourth-order valence-corrected chi connectivity index (χ4v) is 4.44. The lowest BCUT2D eigenvalue weighted by molar-refractivity contribution is 0.579. The quantitative estimate of drug-likeness (QED) is 0.944. The van der Waals surface area contributed by atoms with E-state index in [1.165, 1.54) is 6.26 Å². The first kappa shape index (κ1) is 13.4. The van der Waals surface area contributed by atoms with Crippen LogP contribution in [0.4, 0.5) is 5.69 Å². The highest BCUT2D eigenvalue weighted by molar-refractivity contribution is 7.91. The molecule has 0 spiro atoms. The molecule has 3 rings (SSSR count). The van der Waals surface area contributed by atoms with Crippen molar-refractivity contribution in [2.45, 2.75) is 30.6 Å². The molecule has 4 nitrogen and oxygen atoms in total. The van der Waals surface area contributed by atoms with Crippen molar-refractivity contribution >= 4 is 26.3 Å². The summed E-state index contributed by atoms with van der Waals surface area (Å²) in [6, 6.07) is 7.96. The Morgan fingerprint density at radius 3 is 2.90 bits per heavy atom. The second kappa shape index (κ2) is 5.05. The molecule has 1 heterocycles. The van der Waals surface area contributed by atoms with Crippen LogP contribution >= 0.6 is 0 Å². The molecule has 20 heavy (non-hydrogen) atoms. The predicted octanol–water partition coefficient (Wildman–Crippen LogP) is 2.61. The zero-order chi connectivity index (χ0) is 14.2. The Labute approximate surface area is 119 Å². The summed E-state index contributed by atoms with van der Waals surface area (Å²) in [5.41, 5.74) is 0.969. The van der Waals surface area contributed by atoms with Crippen LogP contribution in [0.5, 0.6) is 0 Å². The van der Waals surface area contributed by atoms with Crippen molar-refractivity contribution in [3.63, 3.8) is 0 Å². The molecule has 0 saturated heterocycles. The lowest BCUT2D eigenvalue weighted by atomic mass is 10.1. The number of nitrogens with zero attached hydrogens (tertiary/aromatic N) is 1. The molecule has 0 amide bonds. The number of aromatic nitrogens is 1. The molecule has 2 aromatic rings. The van der Waals surface area contributed by atoms with Crippen LogP contribution in [0.3, 0.4) is 0 Å². The summed E-state index contributed by atoms with van der Waals surface area (Å²) in [6.07, 6.45) is 7.53. The van der Waals surface area contributed by atoms with E-state index in [9.17, 15) is 8.42 Å². The SMILES string of the molecule is CS(=O)(=O)C1CCCC1Nc1cccc2ccncc12. The van der Waals surface area contributed by atoms with Crippen LogP contribution in [0, 0.1) is 0 Å². The maximum atomic E-state index is 11.8. The van der Waals surface area contributed by atoms with Gasteiger partial charge in [-0.3, -0.25) is 4.98 Å². The van der Waals surface area contributed by atoms with E-state index < -0.39 is 9.84 Å². The van der Waals surface area contributed by atoms with Gasteiger partial charge in [-0.2, -0.15) is 0 Å². The lowest BCUT2D eigenvalue weighted by Gasteiger charge is -2.21. The number of hydrogen-bond acceptors (Lipinski definition) is 4. The van der Waals surface area contributed by atoms with Crippen LogP contribution in [-0.2, 0) is 9.84 Å². The van der Waals surface area contributed by atoms with Crippen molar-refractivity contribution in [1.29, 1.82) is 0 Å². The van der Waals surface area contributed by atoms with Crippen molar-refractivity contribution in [3.05, 3.63) is 36.7 Å². The first-order valence-electron chi connectivity index (χ1n) is 6.84. The largest absolute Gasteiger partial charge is 0.380 e. The summed E-state index contributed by atoms with van der Waals surface area (Å²) in [7, 11) is -3.00. The molecular formula is C15H18N2O2S. The fourth-order valence-electron chi connectivity index (χ4n) is 3.04. The highest BCUT2D eigenvalue weighted by Crippen LogP contribution is 2.30. The zero-order valence-electron chi connectivity index (χ0n) is 11.4. The number of hydrogen-bond donors (Lipinski definition) is 1. The Hall–Kier alpha value is -1.62. The van der Waals surface area contributed by atoms with Crippen LogP contribution in [0.15, 0.2) is 36.7 Å². The van der Waals surface area contributed by atoms with Crippen LogP contribution < -0.4 is 5.32 Å². The molecule has 2 atom stereocenters. The van der Waals surface area contributed by atoms with Gasteiger partial charge in [-0.15, -0.1) is 0 Å². The Bertz CT molecular complexity index is 722. The van der Waals surface area contributed by atoms with Gasteiger partial charge in [0.15, 0.2) is 9.84 Å². The lowest BCUT2D eigenvalue weighted by Crippen LogP contribution is -2.34. The number of benzene rings is 1. The summed E-state index contributed by atoms with van der Waals surface area (Å²) in [4.78, 5) is 4.16. The Morgan fingerprint density at radius 1 is 1.25 bits per heavy atom. The number of nitrogens with one attached hydrogen (secondary N) is 1. The maximum absolute atomic E-state index is 11.8. The van der Waals surface area contributed by atoms with Gasteiger partial charge in [0.2, 0.25) is 0 Å². The average molecular weight is 290 g/mol. The predicted molar refractivity (Wildman–Crippen MR) is 81.6 cm³/mol. The smallest absolute Gasteiger partial charge is 0.152 e. The van der Waals surface area contributed by atoms with Gasteiger partial charge >= 0.3 is 0 Å². The molecule has 106 valence electrons. The number of rotatable bonds is 3. The minimum atomic E-state index is -3.00. The second-order valence-electron chi connectivity index (χ2n) is 5.45. The van der Waals surface area contributed by atoms with Gasteiger partial charge in [0, 0.05) is 35.8 Å². The van der Waals surface area contributed by atoms with Gasteiger partial charge in [-0.05, 0) is 36.8 Å². The van der Waals surface area contributed by atoms with Crippen molar-refractivity contribution in [2.75, 3.05) is 11.6 Å². The number of sulfone groups is 1. The van der Waals surface area contributed by atoms with E-state index in [4.69, 9.17) is 0 Å². The van der Waals surface area contributed by atoms with E-state index in [-0.39, 0.29) is 11.3 Å². The molecule has 5 heteroatoms. The number of anilines is 1. The third kappa shape index (κ3) is 2.50. The molecule has 0 bridgehead atoms. The molecule has 1 aromatic heterocycles.